The molecular weight excluding hydrogens is 417 g/mol. The largest absolute Gasteiger partial charge is 0.451 e. The van der Waals surface area contributed by atoms with Gasteiger partial charge in [-0.25, -0.2) is 0 Å². The fourth-order valence-electron chi connectivity index (χ4n) is 2.24. The molecule has 2 aromatic carbocycles. The Kier molecular flexibility index (Phi) is 4.80. The van der Waals surface area contributed by atoms with Crippen LogP contribution in [0.2, 0.25) is 0 Å². The second-order valence-corrected chi connectivity index (χ2v) is 6.51. The van der Waals surface area contributed by atoms with Gasteiger partial charge in [0.1, 0.15) is 5.76 Å². The summed E-state index contributed by atoms with van der Waals surface area (Å²) in [6, 6.07) is 18.0. The zero-order valence-electron chi connectivity index (χ0n) is 12.9. The number of ketones is 1. The van der Waals surface area contributed by atoms with Crippen molar-refractivity contribution >= 4 is 40.0 Å². The van der Waals surface area contributed by atoms with Crippen LogP contribution in [0, 0.1) is 3.57 Å². The third-order valence-electron chi connectivity index (χ3n) is 3.49. The molecule has 0 radical (unpaired) electrons. The third-order valence-corrected chi connectivity index (χ3v) is 4.16. The molecule has 120 valence electrons. The lowest BCUT2D eigenvalue weighted by atomic mass is 10.1. The van der Waals surface area contributed by atoms with Crippen molar-refractivity contribution in [1.29, 1.82) is 0 Å². The number of furan rings is 1. The SMILES string of the molecule is CC(=O)c1ccc(-c2ccc(C(=O)Nc3cccc(I)c3)o2)cc1. The van der Waals surface area contributed by atoms with Gasteiger partial charge >= 0.3 is 0 Å². The van der Waals surface area contributed by atoms with Crippen LogP contribution in [0.25, 0.3) is 11.3 Å². The van der Waals surface area contributed by atoms with Crippen LogP contribution >= 0.6 is 22.6 Å². The maximum absolute atomic E-state index is 12.3. The number of carbonyl (C=O) groups excluding carboxylic acids is 2. The van der Waals surface area contributed by atoms with E-state index in [0.717, 1.165) is 14.8 Å². The molecule has 0 aliphatic heterocycles. The summed E-state index contributed by atoms with van der Waals surface area (Å²) in [6.45, 7) is 1.52. The first-order valence-electron chi connectivity index (χ1n) is 7.31. The van der Waals surface area contributed by atoms with E-state index in [1.54, 1.807) is 36.4 Å². The van der Waals surface area contributed by atoms with Gasteiger partial charge in [-0.2, -0.15) is 0 Å². The van der Waals surface area contributed by atoms with E-state index in [1.165, 1.54) is 6.92 Å². The van der Waals surface area contributed by atoms with Crippen LogP contribution in [-0.2, 0) is 0 Å². The third kappa shape index (κ3) is 3.73. The first kappa shape index (κ1) is 16.4. The summed E-state index contributed by atoms with van der Waals surface area (Å²) in [5.74, 6) is 0.527. The van der Waals surface area contributed by atoms with E-state index in [0.29, 0.717) is 11.3 Å². The summed E-state index contributed by atoms with van der Waals surface area (Å²) in [4.78, 5) is 23.6. The van der Waals surface area contributed by atoms with Crippen LogP contribution in [0.1, 0.15) is 27.8 Å². The fourth-order valence-corrected chi connectivity index (χ4v) is 2.79. The Morgan fingerprint density at radius 2 is 1.75 bits per heavy atom. The highest BCUT2D eigenvalue weighted by molar-refractivity contribution is 14.1. The lowest BCUT2D eigenvalue weighted by Gasteiger charge is -2.03. The van der Waals surface area contributed by atoms with Crippen LogP contribution in [0.15, 0.2) is 65.1 Å². The lowest BCUT2D eigenvalue weighted by molar-refractivity contribution is 0.0994. The maximum Gasteiger partial charge on any atom is 0.291 e. The molecule has 0 atom stereocenters. The molecule has 0 saturated carbocycles. The minimum absolute atomic E-state index is 0.0126. The van der Waals surface area contributed by atoms with Crippen molar-refractivity contribution < 1.29 is 14.0 Å². The van der Waals surface area contributed by atoms with Crippen LogP contribution in [0.4, 0.5) is 5.69 Å². The number of halogens is 1. The van der Waals surface area contributed by atoms with Crippen LogP contribution in [0.5, 0.6) is 0 Å². The molecule has 3 rings (SSSR count). The topological polar surface area (TPSA) is 59.3 Å². The zero-order chi connectivity index (χ0) is 17.1. The number of carbonyl (C=O) groups is 2. The molecule has 5 heteroatoms. The summed E-state index contributed by atoms with van der Waals surface area (Å²) < 4.78 is 6.67. The number of nitrogens with one attached hydrogen (secondary N) is 1. The minimum Gasteiger partial charge on any atom is -0.451 e. The molecule has 0 fully saturated rings. The minimum atomic E-state index is -0.302. The predicted octanol–water partition coefficient (Wildman–Crippen LogP) is 5.01. The zero-order valence-corrected chi connectivity index (χ0v) is 15.0. The van der Waals surface area contributed by atoms with E-state index < -0.39 is 0 Å². The Hall–Kier alpha value is -2.41. The first-order valence-corrected chi connectivity index (χ1v) is 8.39. The lowest BCUT2D eigenvalue weighted by Crippen LogP contribution is -2.10. The summed E-state index contributed by atoms with van der Waals surface area (Å²) >= 11 is 2.19. The van der Waals surface area contributed by atoms with Crippen molar-refractivity contribution in [3.63, 3.8) is 0 Å². The number of hydrogen-bond acceptors (Lipinski definition) is 3. The fraction of sp³-hybridized carbons (Fsp3) is 0.0526. The monoisotopic (exact) mass is 431 g/mol. The summed E-state index contributed by atoms with van der Waals surface area (Å²) in [6.07, 6.45) is 0. The van der Waals surface area contributed by atoms with Crippen molar-refractivity contribution in [2.45, 2.75) is 6.92 Å². The molecule has 4 nitrogen and oxygen atoms in total. The maximum atomic E-state index is 12.3. The van der Waals surface area contributed by atoms with E-state index in [1.807, 2.05) is 24.3 Å². The molecule has 3 aromatic rings. The van der Waals surface area contributed by atoms with Gasteiger partial charge in [-0.15, -0.1) is 0 Å². The molecule has 1 aromatic heterocycles. The van der Waals surface area contributed by atoms with Crippen molar-refractivity contribution in [2.24, 2.45) is 0 Å². The van der Waals surface area contributed by atoms with Gasteiger partial charge in [-0.1, -0.05) is 30.3 Å². The van der Waals surface area contributed by atoms with Crippen LogP contribution < -0.4 is 5.32 Å². The Morgan fingerprint density at radius 1 is 1.00 bits per heavy atom. The van der Waals surface area contributed by atoms with E-state index in [9.17, 15) is 9.59 Å². The average molecular weight is 431 g/mol. The molecule has 0 aliphatic carbocycles. The summed E-state index contributed by atoms with van der Waals surface area (Å²) in [5.41, 5.74) is 2.17. The number of hydrogen-bond donors (Lipinski definition) is 1. The van der Waals surface area contributed by atoms with Crippen LogP contribution in [0.3, 0.4) is 0 Å². The molecule has 0 bridgehead atoms. The molecule has 24 heavy (non-hydrogen) atoms. The van der Waals surface area contributed by atoms with Gasteiger partial charge < -0.3 is 9.73 Å². The van der Waals surface area contributed by atoms with E-state index >= 15 is 0 Å². The highest BCUT2D eigenvalue weighted by atomic mass is 127. The van der Waals surface area contributed by atoms with Crippen molar-refractivity contribution in [3.8, 4) is 11.3 Å². The molecular formula is C19H14INO3. The Morgan fingerprint density at radius 3 is 2.42 bits per heavy atom. The van der Waals surface area contributed by atoms with Gasteiger partial charge in [0.15, 0.2) is 11.5 Å². The van der Waals surface area contributed by atoms with Gasteiger partial charge in [-0.05, 0) is 59.8 Å². The van der Waals surface area contributed by atoms with E-state index in [-0.39, 0.29) is 17.5 Å². The molecule has 0 saturated heterocycles. The van der Waals surface area contributed by atoms with Crippen molar-refractivity contribution in [1.82, 2.24) is 0 Å². The number of Topliss-reactive ketones (excluding diaryl/α,β-unsaturated/α-hetero) is 1. The molecule has 1 heterocycles. The standard InChI is InChI=1S/C19H14INO3/c1-12(22)13-5-7-14(8-6-13)17-9-10-18(24-17)19(23)21-16-4-2-3-15(20)11-16/h2-11H,1H3,(H,21,23). The number of rotatable bonds is 4. The first-order chi connectivity index (χ1) is 11.5. The molecule has 0 spiro atoms. The molecule has 0 aliphatic rings. The summed E-state index contributed by atoms with van der Waals surface area (Å²) in [5, 5.41) is 2.81. The highest BCUT2D eigenvalue weighted by Crippen LogP contribution is 2.23. The number of amides is 1. The Bertz CT molecular complexity index is 897. The van der Waals surface area contributed by atoms with Gasteiger partial charge in [0.2, 0.25) is 0 Å². The smallest absolute Gasteiger partial charge is 0.291 e. The Balaban J connectivity index is 1.77. The van der Waals surface area contributed by atoms with Gasteiger partial charge in [-0.3, -0.25) is 9.59 Å². The van der Waals surface area contributed by atoms with Gasteiger partial charge in [0.25, 0.3) is 5.91 Å². The normalized spacial score (nSPS) is 10.4. The summed E-state index contributed by atoms with van der Waals surface area (Å²) in [7, 11) is 0. The van der Waals surface area contributed by atoms with Crippen LogP contribution in [-0.4, -0.2) is 11.7 Å². The Labute approximate surface area is 153 Å². The van der Waals surface area contributed by atoms with Crippen molar-refractivity contribution in [2.75, 3.05) is 5.32 Å². The second-order valence-electron chi connectivity index (χ2n) is 5.26. The van der Waals surface area contributed by atoms with E-state index in [4.69, 9.17) is 4.42 Å². The average Bonchev–Trinajstić information content (AvgIpc) is 3.05. The number of benzene rings is 2. The second kappa shape index (κ2) is 7.00. The van der Waals surface area contributed by atoms with Gasteiger partial charge in [0.05, 0.1) is 0 Å². The molecule has 1 N–H and O–H groups in total. The highest BCUT2D eigenvalue weighted by Gasteiger charge is 2.13. The predicted molar refractivity (Wildman–Crippen MR) is 101 cm³/mol. The quantitative estimate of drug-likeness (QED) is 0.467. The van der Waals surface area contributed by atoms with Crippen molar-refractivity contribution in [3.05, 3.63) is 75.6 Å². The number of anilines is 1. The molecule has 1 amide bonds. The van der Waals surface area contributed by atoms with Gasteiger partial charge in [0, 0.05) is 20.4 Å². The van der Waals surface area contributed by atoms with E-state index in [2.05, 4.69) is 27.9 Å². The molecule has 0 unspecified atom stereocenters.